The van der Waals surface area contributed by atoms with Crippen molar-refractivity contribution in [1.29, 1.82) is 0 Å². The van der Waals surface area contributed by atoms with Crippen LogP contribution < -0.4 is 11.1 Å². The third-order valence-electron chi connectivity index (χ3n) is 3.58. The van der Waals surface area contributed by atoms with Crippen molar-refractivity contribution in [3.8, 4) is 0 Å². The number of oxime groups is 1. The van der Waals surface area contributed by atoms with Crippen LogP contribution in [0, 0.1) is 6.92 Å². The molecule has 0 saturated carbocycles. The molecule has 1 atom stereocenters. The topological polar surface area (TPSA) is 96.9 Å². The van der Waals surface area contributed by atoms with Crippen molar-refractivity contribution < 1.29 is 14.7 Å². The predicted molar refractivity (Wildman–Crippen MR) is 75.9 cm³/mol. The Hall–Kier alpha value is -2.08. The summed E-state index contributed by atoms with van der Waals surface area (Å²) in [7, 11) is 0. The van der Waals surface area contributed by atoms with Crippen LogP contribution in [0.5, 0.6) is 0 Å². The summed E-state index contributed by atoms with van der Waals surface area (Å²) in [6, 6.07) is 5.35. The van der Waals surface area contributed by atoms with Gasteiger partial charge in [-0.25, -0.2) is 0 Å². The lowest BCUT2D eigenvalue weighted by molar-refractivity contribution is -0.133. The Balaban J connectivity index is 2.30. The Bertz CT molecular complexity index is 549. The summed E-state index contributed by atoms with van der Waals surface area (Å²) < 4.78 is 5.51. The molecule has 0 spiro atoms. The fourth-order valence-electron chi connectivity index (χ4n) is 2.37. The van der Waals surface area contributed by atoms with E-state index < -0.39 is 5.60 Å². The van der Waals surface area contributed by atoms with Crippen LogP contribution in [-0.4, -0.2) is 29.2 Å². The van der Waals surface area contributed by atoms with Crippen LogP contribution in [0.25, 0.3) is 0 Å². The predicted octanol–water partition coefficient (Wildman–Crippen LogP) is 1.60. The van der Waals surface area contributed by atoms with Gasteiger partial charge in [-0.1, -0.05) is 17.3 Å². The summed E-state index contributed by atoms with van der Waals surface area (Å²) in [5, 5.41) is 14.7. The van der Waals surface area contributed by atoms with Crippen LogP contribution in [0.4, 0.5) is 5.69 Å². The zero-order valence-corrected chi connectivity index (χ0v) is 11.6. The second kappa shape index (κ2) is 5.50. The van der Waals surface area contributed by atoms with Gasteiger partial charge in [-0.15, -0.1) is 0 Å². The van der Waals surface area contributed by atoms with E-state index in [0.29, 0.717) is 24.3 Å². The Kier molecular flexibility index (Phi) is 3.94. The van der Waals surface area contributed by atoms with E-state index in [2.05, 4.69) is 10.5 Å². The maximum absolute atomic E-state index is 12.3. The number of nitrogens with one attached hydrogen (secondary N) is 1. The van der Waals surface area contributed by atoms with Crippen LogP contribution >= 0.6 is 0 Å². The van der Waals surface area contributed by atoms with Gasteiger partial charge in [0.2, 0.25) is 0 Å². The van der Waals surface area contributed by atoms with Gasteiger partial charge in [0.25, 0.3) is 5.91 Å². The van der Waals surface area contributed by atoms with Gasteiger partial charge in [0.05, 0.1) is 5.69 Å². The number of hydrogen-bond donors (Lipinski definition) is 3. The minimum Gasteiger partial charge on any atom is -0.409 e. The van der Waals surface area contributed by atoms with Gasteiger partial charge in [0.1, 0.15) is 5.60 Å². The van der Waals surface area contributed by atoms with Crippen molar-refractivity contribution in [2.75, 3.05) is 11.9 Å². The summed E-state index contributed by atoms with van der Waals surface area (Å²) in [6.45, 7) is 4.19. The largest absolute Gasteiger partial charge is 0.409 e. The number of rotatable bonds is 3. The Morgan fingerprint density at radius 2 is 2.30 bits per heavy atom. The van der Waals surface area contributed by atoms with Crippen molar-refractivity contribution in [3.63, 3.8) is 0 Å². The van der Waals surface area contributed by atoms with Crippen LogP contribution in [0.2, 0.25) is 0 Å². The number of hydrogen-bond acceptors (Lipinski definition) is 4. The molecule has 1 aliphatic rings. The first-order valence-electron chi connectivity index (χ1n) is 6.51. The molecule has 1 saturated heterocycles. The molecule has 6 nitrogen and oxygen atoms in total. The smallest absolute Gasteiger partial charge is 0.256 e. The van der Waals surface area contributed by atoms with Crippen LogP contribution in [-0.2, 0) is 9.53 Å². The van der Waals surface area contributed by atoms with Crippen molar-refractivity contribution in [2.24, 2.45) is 10.9 Å². The average molecular weight is 277 g/mol. The van der Waals surface area contributed by atoms with Gasteiger partial charge in [0, 0.05) is 12.2 Å². The van der Waals surface area contributed by atoms with E-state index in [1.54, 1.807) is 19.1 Å². The van der Waals surface area contributed by atoms with E-state index in [-0.39, 0.29) is 11.7 Å². The van der Waals surface area contributed by atoms with Gasteiger partial charge in [0.15, 0.2) is 5.84 Å². The van der Waals surface area contributed by atoms with Crippen molar-refractivity contribution >= 4 is 17.4 Å². The highest BCUT2D eigenvalue weighted by Crippen LogP contribution is 2.28. The molecule has 1 aromatic carbocycles. The number of carbonyl (C=O) groups excluding carboxylic acids is 1. The molecule has 1 fully saturated rings. The van der Waals surface area contributed by atoms with E-state index in [4.69, 9.17) is 15.7 Å². The quantitative estimate of drug-likeness (QED) is 0.338. The molecular weight excluding hydrogens is 258 g/mol. The molecule has 1 heterocycles. The molecular formula is C14H19N3O3. The van der Waals surface area contributed by atoms with E-state index in [9.17, 15) is 4.79 Å². The lowest BCUT2D eigenvalue weighted by atomic mass is 10.0. The number of amides is 1. The van der Waals surface area contributed by atoms with Gasteiger partial charge in [-0.3, -0.25) is 4.79 Å². The van der Waals surface area contributed by atoms with Crippen LogP contribution in [0.15, 0.2) is 23.4 Å². The average Bonchev–Trinajstić information content (AvgIpc) is 2.86. The van der Waals surface area contributed by atoms with Crippen LogP contribution in [0.1, 0.15) is 30.9 Å². The van der Waals surface area contributed by atoms with Crippen molar-refractivity contribution in [2.45, 2.75) is 32.3 Å². The zero-order valence-electron chi connectivity index (χ0n) is 11.6. The molecule has 6 heteroatoms. The minimum absolute atomic E-state index is 0.0316. The number of nitrogens with two attached hydrogens (primary N) is 1. The van der Waals surface area contributed by atoms with E-state index in [1.165, 1.54) is 0 Å². The van der Waals surface area contributed by atoms with Gasteiger partial charge < -0.3 is 21.0 Å². The Morgan fingerprint density at radius 3 is 2.90 bits per heavy atom. The van der Waals surface area contributed by atoms with E-state index in [1.807, 2.05) is 13.0 Å². The normalized spacial score (nSPS) is 22.8. The molecule has 0 radical (unpaired) electrons. The maximum Gasteiger partial charge on any atom is 0.256 e. The SMILES string of the molecule is Cc1cccc(NC(=O)C2(C)CCCO2)c1/C(N)=N/O. The molecule has 108 valence electrons. The summed E-state index contributed by atoms with van der Waals surface area (Å²) in [5.41, 5.74) is 6.71. The Labute approximate surface area is 117 Å². The van der Waals surface area contributed by atoms with Crippen molar-refractivity contribution in [3.05, 3.63) is 29.3 Å². The number of aryl methyl sites for hydroxylation is 1. The number of carbonyl (C=O) groups is 1. The molecule has 0 aliphatic carbocycles. The standard InChI is InChI=1S/C14H19N3O3/c1-9-5-3-6-10(11(9)12(15)17-19)16-13(18)14(2)7-4-8-20-14/h3,5-6,19H,4,7-8H2,1-2H3,(H2,15,17)(H,16,18). The van der Waals surface area contributed by atoms with Gasteiger partial charge >= 0.3 is 0 Å². The van der Waals surface area contributed by atoms with Crippen LogP contribution in [0.3, 0.4) is 0 Å². The summed E-state index contributed by atoms with van der Waals surface area (Å²) in [5.74, 6) is -0.247. The lowest BCUT2D eigenvalue weighted by Crippen LogP contribution is -2.39. The highest BCUT2D eigenvalue weighted by molar-refractivity contribution is 6.07. The molecule has 0 aromatic heterocycles. The second-order valence-electron chi connectivity index (χ2n) is 5.12. The third kappa shape index (κ3) is 2.60. The molecule has 4 N–H and O–H groups in total. The highest BCUT2D eigenvalue weighted by Gasteiger charge is 2.38. The molecule has 1 aromatic rings. The van der Waals surface area contributed by atoms with E-state index in [0.717, 1.165) is 12.0 Å². The first kappa shape index (κ1) is 14.3. The second-order valence-corrected chi connectivity index (χ2v) is 5.12. The molecule has 2 rings (SSSR count). The van der Waals surface area contributed by atoms with Gasteiger partial charge in [-0.05, 0) is 38.3 Å². The first-order chi connectivity index (χ1) is 9.48. The van der Waals surface area contributed by atoms with E-state index >= 15 is 0 Å². The Morgan fingerprint density at radius 1 is 1.55 bits per heavy atom. The molecule has 20 heavy (non-hydrogen) atoms. The van der Waals surface area contributed by atoms with Crippen molar-refractivity contribution in [1.82, 2.24) is 0 Å². The molecule has 1 aliphatic heterocycles. The number of anilines is 1. The first-order valence-corrected chi connectivity index (χ1v) is 6.51. The fraction of sp³-hybridized carbons (Fsp3) is 0.429. The van der Waals surface area contributed by atoms with Gasteiger partial charge in [-0.2, -0.15) is 0 Å². The highest BCUT2D eigenvalue weighted by atomic mass is 16.5. The fourth-order valence-corrected chi connectivity index (χ4v) is 2.37. The third-order valence-corrected chi connectivity index (χ3v) is 3.58. The molecule has 0 bridgehead atoms. The zero-order chi connectivity index (χ0) is 14.8. The number of ether oxygens (including phenoxy) is 1. The number of benzene rings is 1. The summed E-state index contributed by atoms with van der Waals surface area (Å²) in [4.78, 5) is 12.3. The summed E-state index contributed by atoms with van der Waals surface area (Å²) in [6.07, 6.45) is 1.55. The number of nitrogens with zero attached hydrogens (tertiary/aromatic N) is 1. The molecule has 1 amide bonds. The lowest BCUT2D eigenvalue weighted by Gasteiger charge is -2.23. The number of amidine groups is 1. The minimum atomic E-state index is -0.813. The summed E-state index contributed by atoms with van der Waals surface area (Å²) >= 11 is 0. The molecule has 1 unspecified atom stereocenters. The monoisotopic (exact) mass is 277 g/mol. The maximum atomic E-state index is 12.3.